The van der Waals surface area contributed by atoms with Gasteiger partial charge in [-0.25, -0.2) is 9.59 Å². The molecule has 2 amide bonds. The molecule has 0 aromatic carbocycles. The molecule has 2 fully saturated rings. The van der Waals surface area contributed by atoms with E-state index in [1.807, 2.05) is 20.8 Å². The van der Waals surface area contributed by atoms with E-state index >= 15 is 0 Å². The Balaban J connectivity index is 0.000000299. The largest absolute Gasteiger partial charge is 0.465 e. The van der Waals surface area contributed by atoms with Crippen molar-refractivity contribution in [3.63, 3.8) is 0 Å². The summed E-state index contributed by atoms with van der Waals surface area (Å²) in [6, 6.07) is -0.802. The number of rotatable bonds is 2. The standard InChI is InChI=1S/C9H12N2O4S.C7H12O2/c12-6-3-7(11(4-6)9(14)15)8(13)10-1-2-16-5-10;1-5-6(8)9-7(2,3)4/h7H,1-5H2,(H,14,15);5H,1H2,2-4H3/t7-;/m0./s1. The first-order valence-electron chi connectivity index (χ1n) is 7.78. The first kappa shape index (κ1) is 21.0. The predicted octanol–water partition coefficient (Wildman–Crippen LogP) is 1.35. The summed E-state index contributed by atoms with van der Waals surface area (Å²) in [7, 11) is 0. The molecular formula is C16H24N2O6S. The fourth-order valence-electron chi connectivity index (χ4n) is 2.25. The number of esters is 1. The minimum atomic E-state index is -1.20. The number of hydrogen-bond acceptors (Lipinski definition) is 6. The van der Waals surface area contributed by atoms with Crippen LogP contribution in [-0.4, -0.2) is 75.0 Å². The third-order valence-corrected chi connectivity index (χ3v) is 4.28. The van der Waals surface area contributed by atoms with Crippen LogP contribution in [0.4, 0.5) is 4.79 Å². The number of likely N-dealkylation sites (tertiary alicyclic amines) is 1. The number of amides is 2. The highest BCUT2D eigenvalue weighted by Gasteiger charge is 2.41. The van der Waals surface area contributed by atoms with Crippen LogP contribution in [0.15, 0.2) is 12.7 Å². The van der Waals surface area contributed by atoms with Gasteiger partial charge < -0.3 is 14.7 Å². The van der Waals surface area contributed by atoms with E-state index in [9.17, 15) is 19.2 Å². The Morgan fingerprint density at radius 3 is 2.40 bits per heavy atom. The van der Waals surface area contributed by atoms with E-state index in [4.69, 9.17) is 9.84 Å². The summed E-state index contributed by atoms with van der Waals surface area (Å²) < 4.78 is 4.83. The zero-order valence-electron chi connectivity index (χ0n) is 14.7. The third kappa shape index (κ3) is 6.77. The van der Waals surface area contributed by atoms with Gasteiger partial charge in [0.1, 0.15) is 11.6 Å². The van der Waals surface area contributed by atoms with E-state index in [1.165, 1.54) is 0 Å². The number of thioether (sulfide) groups is 1. The van der Waals surface area contributed by atoms with E-state index in [-0.39, 0.29) is 30.6 Å². The Morgan fingerprint density at radius 1 is 1.36 bits per heavy atom. The zero-order chi connectivity index (χ0) is 19.2. The minimum absolute atomic E-state index is 0.0201. The molecule has 1 atom stereocenters. The molecular weight excluding hydrogens is 348 g/mol. The van der Waals surface area contributed by atoms with Crippen LogP contribution in [0, 0.1) is 0 Å². The van der Waals surface area contributed by atoms with Gasteiger partial charge >= 0.3 is 12.1 Å². The molecule has 8 nitrogen and oxygen atoms in total. The highest BCUT2D eigenvalue weighted by molar-refractivity contribution is 7.99. The fourth-order valence-corrected chi connectivity index (χ4v) is 3.21. The monoisotopic (exact) mass is 372 g/mol. The van der Waals surface area contributed by atoms with E-state index in [2.05, 4.69) is 6.58 Å². The summed E-state index contributed by atoms with van der Waals surface area (Å²) in [5.41, 5.74) is -0.398. The lowest BCUT2D eigenvalue weighted by atomic mass is 10.2. The number of ketones is 1. The lowest BCUT2D eigenvalue weighted by Gasteiger charge is -2.24. The number of carboxylic acid groups (broad SMARTS) is 1. The predicted molar refractivity (Wildman–Crippen MR) is 93.2 cm³/mol. The fraction of sp³-hybridized carbons (Fsp3) is 0.625. The van der Waals surface area contributed by atoms with Crippen LogP contribution < -0.4 is 0 Å². The number of ether oxygens (including phenoxy) is 1. The maximum absolute atomic E-state index is 12.0. The van der Waals surface area contributed by atoms with E-state index in [0.29, 0.717) is 12.4 Å². The van der Waals surface area contributed by atoms with Gasteiger partial charge in [-0.05, 0) is 20.8 Å². The molecule has 2 aliphatic heterocycles. The van der Waals surface area contributed by atoms with Crippen molar-refractivity contribution in [1.29, 1.82) is 0 Å². The minimum Gasteiger partial charge on any atom is -0.465 e. The number of carbonyl (C=O) groups is 4. The van der Waals surface area contributed by atoms with Crippen LogP contribution in [0.3, 0.4) is 0 Å². The Hall–Kier alpha value is -2.03. The summed E-state index contributed by atoms with van der Waals surface area (Å²) in [4.78, 5) is 47.1. The molecule has 0 radical (unpaired) electrons. The van der Waals surface area contributed by atoms with Crippen LogP contribution in [-0.2, 0) is 19.1 Å². The zero-order valence-corrected chi connectivity index (χ0v) is 15.5. The molecule has 0 aromatic heterocycles. The molecule has 0 bridgehead atoms. The van der Waals surface area contributed by atoms with Gasteiger partial charge in [-0.2, -0.15) is 0 Å². The SMILES string of the molecule is C=CC(=O)OC(C)(C)C.O=C1C[C@@H](C(=O)N2CCSC2)N(C(=O)O)C1. The summed E-state index contributed by atoms with van der Waals surface area (Å²) in [5, 5.41) is 8.89. The normalized spacial score (nSPS) is 20.0. The molecule has 2 heterocycles. The summed E-state index contributed by atoms with van der Waals surface area (Å²) in [6.07, 6.45) is -0.0200. The Kier molecular flexibility index (Phi) is 7.47. The molecule has 2 rings (SSSR count). The van der Waals surface area contributed by atoms with E-state index in [1.54, 1.807) is 16.7 Å². The van der Waals surface area contributed by atoms with Crippen LogP contribution in [0.25, 0.3) is 0 Å². The summed E-state index contributed by atoms with van der Waals surface area (Å²) >= 11 is 1.63. The van der Waals surface area contributed by atoms with E-state index < -0.39 is 17.7 Å². The average molecular weight is 372 g/mol. The van der Waals surface area contributed by atoms with Gasteiger partial charge in [-0.1, -0.05) is 6.58 Å². The maximum atomic E-state index is 12.0. The van der Waals surface area contributed by atoms with Crippen molar-refractivity contribution in [2.75, 3.05) is 24.7 Å². The molecule has 1 N–H and O–H groups in total. The topological polar surface area (TPSA) is 104 Å². The van der Waals surface area contributed by atoms with Crippen LogP contribution in [0.2, 0.25) is 0 Å². The Bertz CT molecular complexity index is 551. The Labute approximate surface area is 151 Å². The van der Waals surface area contributed by atoms with Crippen LogP contribution in [0.1, 0.15) is 27.2 Å². The highest BCUT2D eigenvalue weighted by atomic mass is 32.2. The highest BCUT2D eigenvalue weighted by Crippen LogP contribution is 2.21. The van der Waals surface area contributed by atoms with Crippen LogP contribution >= 0.6 is 11.8 Å². The molecule has 140 valence electrons. The van der Waals surface area contributed by atoms with Crippen molar-refractivity contribution in [1.82, 2.24) is 9.80 Å². The van der Waals surface area contributed by atoms with Crippen LogP contribution in [0.5, 0.6) is 0 Å². The number of nitrogens with zero attached hydrogens (tertiary/aromatic N) is 2. The van der Waals surface area contributed by atoms with E-state index in [0.717, 1.165) is 16.7 Å². The smallest absolute Gasteiger partial charge is 0.408 e. The molecule has 0 aromatic rings. The number of carbonyl (C=O) groups excluding carboxylic acids is 3. The van der Waals surface area contributed by atoms with Crippen molar-refractivity contribution >= 4 is 35.5 Å². The number of hydrogen-bond donors (Lipinski definition) is 1. The second kappa shape index (κ2) is 8.89. The Morgan fingerprint density at radius 2 is 2.00 bits per heavy atom. The summed E-state index contributed by atoms with van der Waals surface area (Å²) in [6.45, 7) is 9.19. The molecule has 0 saturated carbocycles. The average Bonchev–Trinajstić information content (AvgIpc) is 3.14. The lowest BCUT2D eigenvalue weighted by Crippen LogP contribution is -2.46. The van der Waals surface area contributed by atoms with Gasteiger partial charge in [0.2, 0.25) is 5.91 Å². The first-order valence-corrected chi connectivity index (χ1v) is 8.94. The molecule has 2 aliphatic rings. The molecule has 2 saturated heterocycles. The van der Waals surface area contributed by atoms with Crippen molar-refractivity contribution < 1.29 is 29.0 Å². The van der Waals surface area contributed by atoms with Gasteiger partial charge in [0, 0.05) is 24.8 Å². The maximum Gasteiger partial charge on any atom is 0.408 e. The molecule has 0 unspecified atom stereocenters. The van der Waals surface area contributed by atoms with Gasteiger partial charge in [0.15, 0.2) is 5.78 Å². The summed E-state index contributed by atoms with van der Waals surface area (Å²) in [5.74, 6) is 0.671. The molecule has 9 heteroatoms. The quantitative estimate of drug-likeness (QED) is 0.576. The molecule has 0 aliphatic carbocycles. The number of Topliss-reactive ketones (excluding diaryl/α,β-unsaturated/α-hetero) is 1. The van der Waals surface area contributed by atoms with Crippen molar-refractivity contribution in [3.8, 4) is 0 Å². The molecule has 25 heavy (non-hydrogen) atoms. The lowest BCUT2D eigenvalue weighted by molar-refractivity contribution is -0.148. The van der Waals surface area contributed by atoms with Gasteiger partial charge in [-0.3, -0.25) is 14.5 Å². The van der Waals surface area contributed by atoms with Crippen molar-refractivity contribution in [3.05, 3.63) is 12.7 Å². The van der Waals surface area contributed by atoms with Gasteiger partial charge in [0.05, 0.1) is 12.4 Å². The molecule has 0 spiro atoms. The first-order chi connectivity index (χ1) is 11.5. The van der Waals surface area contributed by atoms with Gasteiger partial charge in [0.25, 0.3) is 0 Å². The second-order valence-corrected chi connectivity index (χ2v) is 7.62. The van der Waals surface area contributed by atoms with Crippen molar-refractivity contribution in [2.45, 2.75) is 38.8 Å². The van der Waals surface area contributed by atoms with Gasteiger partial charge in [-0.15, -0.1) is 11.8 Å². The van der Waals surface area contributed by atoms with Crippen molar-refractivity contribution in [2.24, 2.45) is 0 Å². The third-order valence-electron chi connectivity index (χ3n) is 3.31. The second-order valence-electron chi connectivity index (χ2n) is 6.55.